The molecular weight excluding hydrogens is 128 g/mol. The average molecular weight is 140 g/mol. The molecule has 0 aromatic carbocycles. The van der Waals surface area contributed by atoms with Gasteiger partial charge >= 0.3 is 0 Å². The van der Waals surface area contributed by atoms with Crippen molar-refractivity contribution in [3.8, 4) is 0 Å². The molecule has 0 spiro atoms. The molecule has 4 nitrogen and oxygen atoms in total. The fourth-order valence-corrected chi connectivity index (χ4v) is 0.746. The first-order valence-corrected chi connectivity index (χ1v) is 3.30. The van der Waals surface area contributed by atoms with Crippen molar-refractivity contribution in [3.63, 3.8) is 0 Å². The van der Waals surface area contributed by atoms with Crippen LogP contribution in [0.15, 0.2) is 12.4 Å². The number of nitrogens with one attached hydrogen (secondary N) is 3. The first-order valence-electron chi connectivity index (χ1n) is 3.30. The van der Waals surface area contributed by atoms with Crippen LogP contribution in [0.2, 0.25) is 0 Å². The van der Waals surface area contributed by atoms with Crippen LogP contribution in [-0.2, 0) is 6.42 Å². The van der Waals surface area contributed by atoms with Crippen LogP contribution in [0, 0.1) is 0 Å². The van der Waals surface area contributed by atoms with Crippen LogP contribution in [0.25, 0.3) is 0 Å². The van der Waals surface area contributed by atoms with Gasteiger partial charge in [0.15, 0.2) is 0 Å². The summed E-state index contributed by atoms with van der Waals surface area (Å²) in [5, 5.41) is 6.59. The molecule has 0 aliphatic carbocycles. The third kappa shape index (κ3) is 2.16. The minimum atomic E-state index is 0.927. The molecule has 0 aliphatic heterocycles. The van der Waals surface area contributed by atoms with Gasteiger partial charge < -0.3 is 0 Å². The Morgan fingerprint density at radius 1 is 1.70 bits per heavy atom. The van der Waals surface area contributed by atoms with E-state index in [0.717, 1.165) is 13.0 Å². The normalized spacial score (nSPS) is 10.1. The van der Waals surface area contributed by atoms with E-state index in [1.807, 2.05) is 19.4 Å². The second-order valence-corrected chi connectivity index (χ2v) is 2.03. The fraction of sp³-hybridized carbons (Fsp3) is 0.500. The lowest BCUT2D eigenvalue weighted by Crippen LogP contribution is -2.29. The van der Waals surface area contributed by atoms with Crippen molar-refractivity contribution in [2.24, 2.45) is 0 Å². The highest BCUT2D eigenvalue weighted by Gasteiger charge is 1.90. The SMILES string of the molecule is CNNCCc1cn[nH]c1. The largest absolute Gasteiger partial charge is 0.285 e. The van der Waals surface area contributed by atoms with Gasteiger partial charge in [-0.3, -0.25) is 16.0 Å². The molecule has 1 rings (SSSR count). The van der Waals surface area contributed by atoms with Crippen molar-refractivity contribution >= 4 is 0 Å². The Labute approximate surface area is 60.0 Å². The summed E-state index contributed by atoms with van der Waals surface area (Å²) in [6, 6.07) is 0. The molecule has 1 heterocycles. The average Bonchev–Trinajstić information content (AvgIpc) is 2.41. The van der Waals surface area contributed by atoms with E-state index in [1.165, 1.54) is 5.56 Å². The van der Waals surface area contributed by atoms with Gasteiger partial charge in [-0.1, -0.05) is 0 Å². The lowest BCUT2D eigenvalue weighted by atomic mass is 10.3. The summed E-state index contributed by atoms with van der Waals surface area (Å²) in [5.74, 6) is 0. The van der Waals surface area contributed by atoms with Crippen LogP contribution in [0.3, 0.4) is 0 Å². The van der Waals surface area contributed by atoms with E-state index in [2.05, 4.69) is 21.0 Å². The predicted octanol–water partition coefficient (Wildman–Crippen LogP) is -0.324. The second kappa shape index (κ2) is 4.03. The number of hydrazine groups is 1. The van der Waals surface area contributed by atoms with Crippen LogP contribution < -0.4 is 10.9 Å². The Morgan fingerprint density at radius 3 is 3.20 bits per heavy atom. The smallest absolute Gasteiger partial charge is 0.0519 e. The van der Waals surface area contributed by atoms with Crippen molar-refractivity contribution in [1.29, 1.82) is 0 Å². The Balaban J connectivity index is 2.15. The molecule has 0 saturated heterocycles. The van der Waals surface area contributed by atoms with Gasteiger partial charge in [-0.2, -0.15) is 5.10 Å². The third-order valence-corrected chi connectivity index (χ3v) is 1.27. The molecule has 0 bridgehead atoms. The molecule has 1 aromatic heterocycles. The summed E-state index contributed by atoms with van der Waals surface area (Å²) in [5.41, 5.74) is 7.07. The number of aromatic nitrogens is 2. The highest BCUT2D eigenvalue weighted by atomic mass is 15.3. The molecule has 56 valence electrons. The van der Waals surface area contributed by atoms with Crippen molar-refractivity contribution in [2.75, 3.05) is 13.6 Å². The van der Waals surface area contributed by atoms with Gasteiger partial charge in [-0.05, 0) is 19.0 Å². The maximum absolute atomic E-state index is 3.83. The van der Waals surface area contributed by atoms with Crippen LogP contribution >= 0.6 is 0 Å². The van der Waals surface area contributed by atoms with Gasteiger partial charge in [0, 0.05) is 12.7 Å². The molecule has 4 heteroatoms. The zero-order chi connectivity index (χ0) is 7.23. The number of hydrogen-bond donors (Lipinski definition) is 3. The maximum Gasteiger partial charge on any atom is 0.0519 e. The third-order valence-electron chi connectivity index (χ3n) is 1.27. The number of aromatic amines is 1. The summed E-state index contributed by atoms with van der Waals surface area (Å²) in [7, 11) is 1.86. The Morgan fingerprint density at radius 2 is 2.60 bits per heavy atom. The van der Waals surface area contributed by atoms with Gasteiger partial charge in [0.25, 0.3) is 0 Å². The minimum absolute atomic E-state index is 0.927. The molecule has 3 N–H and O–H groups in total. The highest BCUT2D eigenvalue weighted by Crippen LogP contribution is 1.92. The van der Waals surface area contributed by atoms with Gasteiger partial charge in [0.1, 0.15) is 0 Å². The number of rotatable bonds is 4. The van der Waals surface area contributed by atoms with E-state index in [-0.39, 0.29) is 0 Å². The summed E-state index contributed by atoms with van der Waals surface area (Å²) in [6.07, 6.45) is 4.73. The Bertz CT molecular complexity index is 158. The summed E-state index contributed by atoms with van der Waals surface area (Å²) in [6.45, 7) is 0.927. The first-order chi connectivity index (χ1) is 4.93. The summed E-state index contributed by atoms with van der Waals surface area (Å²) < 4.78 is 0. The second-order valence-electron chi connectivity index (χ2n) is 2.03. The predicted molar refractivity (Wildman–Crippen MR) is 39.4 cm³/mol. The van der Waals surface area contributed by atoms with Crippen LogP contribution in [-0.4, -0.2) is 23.8 Å². The summed E-state index contributed by atoms with van der Waals surface area (Å²) in [4.78, 5) is 0. The van der Waals surface area contributed by atoms with Gasteiger partial charge in [-0.15, -0.1) is 0 Å². The number of nitrogens with zero attached hydrogens (tertiary/aromatic N) is 1. The lowest BCUT2D eigenvalue weighted by Gasteiger charge is -1.98. The van der Waals surface area contributed by atoms with Crippen LogP contribution in [0.4, 0.5) is 0 Å². The van der Waals surface area contributed by atoms with Gasteiger partial charge in [0.05, 0.1) is 6.20 Å². The number of H-pyrrole nitrogens is 1. The molecule has 1 aromatic rings. The van der Waals surface area contributed by atoms with E-state index in [1.54, 1.807) is 0 Å². The van der Waals surface area contributed by atoms with E-state index in [4.69, 9.17) is 0 Å². The molecule has 0 atom stereocenters. The molecule has 0 unspecified atom stereocenters. The Kier molecular flexibility index (Phi) is 2.92. The molecule has 0 saturated carbocycles. The lowest BCUT2D eigenvalue weighted by molar-refractivity contribution is 0.597. The monoisotopic (exact) mass is 140 g/mol. The van der Waals surface area contributed by atoms with Crippen molar-refractivity contribution in [1.82, 2.24) is 21.0 Å². The molecule has 10 heavy (non-hydrogen) atoms. The first kappa shape index (κ1) is 7.24. The van der Waals surface area contributed by atoms with E-state index in [0.29, 0.717) is 0 Å². The van der Waals surface area contributed by atoms with Gasteiger partial charge in [-0.25, -0.2) is 0 Å². The van der Waals surface area contributed by atoms with E-state index >= 15 is 0 Å². The summed E-state index contributed by atoms with van der Waals surface area (Å²) >= 11 is 0. The zero-order valence-electron chi connectivity index (χ0n) is 6.02. The van der Waals surface area contributed by atoms with E-state index < -0.39 is 0 Å². The van der Waals surface area contributed by atoms with Crippen molar-refractivity contribution in [3.05, 3.63) is 18.0 Å². The van der Waals surface area contributed by atoms with Gasteiger partial charge in [0.2, 0.25) is 0 Å². The zero-order valence-corrected chi connectivity index (χ0v) is 6.02. The maximum atomic E-state index is 3.83. The quantitative estimate of drug-likeness (QED) is 0.397. The molecule has 0 radical (unpaired) electrons. The Hall–Kier alpha value is -0.870. The van der Waals surface area contributed by atoms with Crippen LogP contribution in [0.5, 0.6) is 0 Å². The topological polar surface area (TPSA) is 52.7 Å². The molecule has 0 amide bonds. The highest BCUT2D eigenvalue weighted by molar-refractivity contribution is 5.02. The number of hydrogen-bond acceptors (Lipinski definition) is 3. The minimum Gasteiger partial charge on any atom is -0.285 e. The molecular formula is C6H12N4. The molecule has 0 fully saturated rings. The van der Waals surface area contributed by atoms with Crippen molar-refractivity contribution in [2.45, 2.75) is 6.42 Å². The standard InChI is InChI=1S/C6H12N4/c1-7-8-3-2-6-4-9-10-5-6/h4-5,7-8H,2-3H2,1H3,(H,9,10). The fourth-order valence-electron chi connectivity index (χ4n) is 0.746. The van der Waals surface area contributed by atoms with Crippen molar-refractivity contribution < 1.29 is 0 Å². The van der Waals surface area contributed by atoms with Crippen LogP contribution in [0.1, 0.15) is 5.56 Å². The molecule has 0 aliphatic rings. The van der Waals surface area contributed by atoms with E-state index in [9.17, 15) is 0 Å².